The van der Waals surface area contributed by atoms with Crippen molar-refractivity contribution in [3.8, 4) is 11.8 Å². The minimum absolute atomic E-state index is 0.122. The third-order valence-electron chi connectivity index (χ3n) is 5.60. The standard InChI is InChI=1S/C25H24N2O4S/c1-30-24-11-4-5-12-25(24)32(28,29)27-16-21-9-2-3-10-22(21)17-31-18-23(27)14-19-7-6-8-20(13-19)15-26/h2-13,23H,14,16-18H2,1H3. The van der Waals surface area contributed by atoms with E-state index < -0.39 is 16.1 Å². The Morgan fingerprint density at radius 2 is 1.81 bits per heavy atom. The minimum Gasteiger partial charge on any atom is -0.495 e. The van der Waals surface area contributed by atoms with E-state index in [0.29, 0.717) is 24.3 Å². The maximum Gasteiger partial charge on any atom is 0.247 e. The Bertz CT molecular complexity index is 1250. The van der Waals surface area contributed by atoms with Gasteiger partial charge >= 0.3 is 0 Å². The number of nitriles is 1. The molecule has 32 heavy (non-hydrogen) atoms. The molecule has 1 aliphatic heterocycles. The summed E-state index contributed by atoms with van der Waals surface area (Å²) in [5, 5.41) is 9.25. The summed E-state index contributed by atoms with van der Waals surface area (Å²) in [5.41, 5.74) is 3.30. The van der Waals surface area contributed by atoms with Crippen LogP contribution in [0, 0.1) is 11.3 Å². The fourth-order valence-corrected chi connectivity index (χ4v) is 5.72. The van der Waals surface area contributed by atoms with Crippen LogP contribution in [0.4, 0.5) is 0 Å². The molecule has 0 aliphatic carbocycles. The quantitative estimate of drug-likeness (QED) is 0.591. The maximum atomic E-state index is 13.9. The Kier molecular flexibility index (Phi) is 6.56. The molecule has 7 heteroatoms. The van der Waals surface area contributed by atoms with Gasteiger partial charge in [0.2, 0.25) is 10.0 Å². The van der Waals surface area contributed by atoms with Gasteiger partial charge in [-0.15, -0.1) is 0 Å². The normalized spacial score (nSPS) is 16.9. The summed E-state index contributed by atoms with van der Waals surface area (Å²) in [4.78, 5) is 0.122. The lowest BCUT2D eigenvalue weighted by molar-refractivity contribution is 0.0673. The van der Waals surface area contributed by atoms with Crippen molar-refractivity contribution in [3.05, 3.63) is 95.1 Å². The van der Waals surface area contributed by atoms with Crippen molar-refractivity contribution < 1.29 is 17.9 Å². The van der Waals surface area contributed by atoms with Crippen LogP contribution < -0.4 is 4.74 Å². The summed E-state index contributed by atoms with van der Waals surface area (Å²) in [5.74, 6) is 0.300. The molecule has 1 heterocycles. The third-order valence-corrected chi connectivity index (χ3v) is 7.54. The van der Waals surface area contributed by atoms with E-state index in [-0.39, 0.29) is 18.0 Å². The highest BCUT2D eigenvalue weighted by Gasteiger charge is 2.35. The van der Waals surface area contributed by atoms with Crippen LogP contribution in [-0.2, 0) is 34.3 Å². The van der Waals surface area contributed by atoms with Gasteiger partial charge in [0, 0.05) is 6.54 Å². The van der Waals surface area contributed by atoms with E-state index in [0.717, 1.165) is 16.7 Å². The van der Waals surface area contributed by atoms with Gasteiger partial charge in [0.05, 0.1) is 38.0 Å². The van der Waals surface area contributed by atoms with E-state index in [1.807, 2.05) is 36.4 Å². The monoisotopic (exact) mass is 448 g/mol. The molecule has 0 bridgehead atoms. The van der Waals surface area contributed by atoms with Crippen molar-refractivity contribution in [2.24, 2.45) is 0 Å². The van der Waals surface area contributed by atoms with Crippen molar-refractivity contribution in [1.29, 1.82) is 5.26 Å². The number of fused-ring (bicyclic) bond motifs is 1. The SMILES string of the molecule is COc1ccccc1S(=O)(=O)N1Cc2ccccc2COCC1Cc1cccc(C#N)c1. The molecule has 0 fully saturated rings. The summed E-state index contributed by atoms with van der Waals surface area (Å²) in [6.07, 6.45) is 0.423. The van der Waals surface area contributed by atoms with E-state index in [1.54, 1.807) is 36.4 Å². The Hall–Kier alpha value is -3.18. The first-order valence-electron chi connectivity index (χ1n) is 10.3. The average molecular weight is 449 g/mol. The van der Waals surface area contributed by atoms with Gasteiger partial charge in [0.15, 0.2) is 0 Å². The Morgan fingerprint density at radius 1 is 1.06 bits per heavy atom. The largest absolute Gasteiger partial charge is 0.495 e. The maximum absolute atomic E-state index is 13.9. The van der Waals surface area contributed by atoms with E-state index in [9.17, 15) is 13.7 Å². The Balaban J connectivity index is 1.79. The van der Waals surface area contributed by atoms with Crippen LogP contribution >= 0.6 is 0 Å². The van der Waals surface area contributed by atoms with Gasteiger partial charge in [0.1, 0.15) is 10.6 Å². The molecule has 1 aliphatic rings. The summed E-state index contributed by atoms with van der Waals surface area (Å²) in [7, 11) is -2.45. The first-order valence-corrected chi connectivity index (χ1v) is 11.8. The number of benzene rings is 3. The van der Waals surface area contributed by atoms with Crippen molar-refractivity contribution in [2.45, 2.75) is 30.5 Å². The average Bonchev–Trinajstić information content (AvgIpc) is 2.81. The molecule has 164 valence electrons. The predicted molar refractivity (Wildman–Crippen MR) is 120 cm³/mol. The fourth-order valence-electron chi connectivity index (χ4n) is 3.98. The number of sulfonamides is 1. The second kappa shape index (κ2) is 9.53. The molecular formula is C25H24N2O4S. The number of para-hydroxylation sites is 1. The molecule has 0 N–H and O–H groups in total. The van der Waals surface area contributed by atoms with Crippen LogP contribution in [0.25, 0.3) is 0 Å². The fraction of sp³-hybridized carbons (Fsp3) is 0.240. The molecule has 4 rings (SSSR count). The lowest BCUT2D eigenvalue weighted by atomic mass is 10.0. The van der Waals surface area contributed by atoms with Gasteiger partial charge in [-0.2, -0.15) is 9.57 Å². The molecule has 0 radical (unpaired) electrons. The van der Waals surface area contributed by atoms with E-state index in [1.165, 1.54) is 11.4 Å². The van der Waals surface area contributed by atoms with Gasteiger partial charge in [-0.05, 0) is 47.4 Å². The molecule has 1 unspecified atom stereocenters. The van der Waals surface area contributed by atoms with Crippen LogP contribution in [-0.4, -0.2) is 32.5 Å². The minimum atomic E-state index is -3.91. The predicted octanol–water partition coefficient (Wildman–Crippen LogP) is 3.90. The van der Waals surface area contributed by atoms with Crippen molar-refractivity contribution in [3.63, 3.8) is 0 Å². The van der Waals surface area contributed by atoms with Crippen LogP contribution in [0.5, 0.6) is 5.75 Å². The van der Waals surface area contributed by atoms with Crippen molar-refractivity contribution in [1.82, 2.24) is 4.31 Å². The molecule has 0 spiro atoms. The number of methoxy groups -OCH3 is 1. The van der Waals surface area contributed by atoms with E-state index in [2.05, 4.69) is 6.07 Å². The van der Waals surface area contributed by atoms with Crippen LogP contribution in [0.15, 0.2) is 77.7 Å². The van der Waals surface area contributed by atoms with Crippen LogP contribution in [0.2, 0.25) is 0 Å². The molecule has 0 saturated carbocycles. The number of hydrogen-bond acceptors (Lipinski definition) is 5. The Morgan fingerprint density at radius 3 is 2.59 bits per heavy atom. The Labute approximate surface area is 188 Å². The molecule has 3 aromatic carbocycles. The molecular weight excluding hydrogens is 424 g/mol. The van der Waals surface area contributed by atoms with Crippen LogP contribution in [0.1, 0.15) is 22.3 Å². The number of nitrogens with zero attached hydrogens (tertiary/aromatic N) is 2. The smallest absolute Gasteiger partial charge is 0.247 e. The molecule has 6 nitrogen and oxygen atoms in total. The van der Waals surface area contributed by atoms with E-state index in [4.69, 9.17) is 9.47 Å². The van der Waals surface area contributed by atoms with Gasteiger partial charge < -0.3 is 9.47 Å². The second-order valence-corrected chi connectivity index (χ2v) is 9.51. The van der Waals surface area contributed by atoms with E-state index >= 15 is 0 Å². The molecule has 1 atom stereocenters. The van der Waals surface area contributed by atoms with Gasteiger partial charge in [0.25, 0.3) is 0 Å². The highest BCUT2D eigenvalue weighted by molar-refractivity contribution is 7.89. The zero-order valence-electron chi connectivity index (χ0n) is 17.8. The summed E-state index contributed by atoms with van der Waals surface area (Å²) >= 11 is 0. The summed E-state index contributed by atoms with van der Waals surface area (Å²) in [6, 6.07) is 23.3. The number of hydrogen-bond donors (Lipinski definition) is 0. The number of rotatable bonds is 5. The van der Waals surface area contributed by atoms with Gasteiger partial charge in [-0.1, -0.05) is 48.5 Å². The van der Waals surface area contributed by atoms with Crippen LogP contribution in [0.3, 0.4) is 0 Å². The first-order chi connectivity index (χ1) is 15.5. The summed E-state index contributed by atoms with van der Waals surface area (Å²) < 4.78 is 40.6. The molecule has 3 aromatic rings. The topological polar surface area (TPSA) is 79.6 Å². The molecule has 0 aromatic heterocycles. The number of ether oxygens (including phenoxy) is 2. The highest BCUT2D eigenvalue weighted by atomic mass is 32.2. The van der Waals surface area contributed by atoms with Crippen molar-refractivity contribution >= 4 is 10.0 Å². The van der Waals surface area contributed by atoms with Crippen molar-refractivity contribution in [2.75, 3.05) is 13.7 Å². The summed E-state index contributed by atoms with van der Waals surface area (Å²) in [6.45, 7) is 0.884. The zero-order chi connectivity index (χ0) is 22.6. The zero-order valence-corrected chi connectivity index (χ0v) is 18.6. The molecule has 0 saturated heterocycles. The van der Waals surface area contributed by atoms with Gasteiger partial charge in [-0.3, -0.25) is 0 Å². The lowest BCUT2D eigenvalue weighted by Gasteiger charge is -2.34. The molecule has 0 amide bonds. The third kappa shape index (κ3) is 4.53. The van der Waals surface area contributed by atoms with Gasteiger partial charge in [-0.25, -0.2) is 8.42 Å². The lowest BCUT2D eigenvalue weighted by Crippen LogP contribution is -2.45. The highest BCUT2D eigenvalue weighted by Crippen LogP contribution is 2.31. The second-order valence-electron chi connectivity index (χ2n) is 7.66. The first kappa shape index (κ1) is 22.0.